The fraction of sp³-hybridized carbons (Fsp3) is 0.105. The first-order valence-electron chi connectivity index (χ1n) is 8.53. The van der Waals surface area contributed by atoms with Crippen molar-refractivity contribution < 1.29 is 45.5 Å². The van der Waals surface area contributed by atoms with Crippen LogP contribution in [0.3, 0.4) is 0 Å². The molecule has 0 fully saturated rings. The Morgan fingerprint density at radius 1 is 0.903 bits per heavy atom. The first-order chi connectivity index (χ1) is 14.5. The molecular weight excluding hydrogens is 448 g/mol. The molecule has 0 aliphatic rings. The van der Waals surface area contributed by atoms with E-state index < -0.39 is 54.6 Å². The number of hydrogen-bond acceptors (Lipinski definition) is 4. The summed E-state index contributed by atoms with van der Waals surface area (Å²) in [7, 11) is -5.05. The highest BCUT2D eigenvalue weighted by Gasteiger charge is 2.38. The normalized spacial score (nSPS) is 14.1. The third-order valence-electron chi connectivity index (χ3n) is 4.07. The fourth-order valence-corrected chi connectivity index (χ4v) is 4.10. The lowest BCUT2D eigenvalue weighted by Gasteiger charge is -2.23. The van der Waals surface area contributed by atoms with Crippen molar-refractivity contribution in [3.63, 3.8) is 0 Å². The molecule has 2 N–H and O–H groups in total. The molecule has 31 heavy (non-hydrogen) atoms. The lowest BCUT2D eigenvalue weighted by Crippen LogP contribution is -2.34. The Balaban J connectivity index is 2.11. The fourth-order valence-electron chi connectivity index (χ4n) is 2.55. The van der Waals surface area contributed by atoms with Crippen LogP contribution in [0.5, 0.6) is 11.5 Å². The van der Waals surface area contributed by atoms with E-state index in [0.29, 0.717) is 10.8 Å². The molecule has 12 heteroatoms. The van der Waals surface area contributed by atoms with Crippen LogP contribution in [0.4, 0.5) is 22.0 Å². The van der Waals surface area contributed by atoms with Crippen LogP contribution < -0.4 is 14.1 Å². The van der Waals surface area contributed by atoms with Crippen LogP contribution in [0.2, 0.25) is 0 Å². The van der Waals surface area contributed by atoms with Gasteiger partial charge < -0.3 is 14.2 Å². The second-order valence-electron chi connectivity index (χ2n) is 6.25. The van der Waals surface area contributed by atoms with E-state index in [1.165, 1.54) is 18.2 Å². The van der Waals surface area contributed by atoms with Gasteiger partial charge in [0.05, 0.1) is 0 Å². The molecule has 0 amide bonds. The minimum Gasteiger partial charge on any atom is -0.480 e. The summed E-state index contributed by atoms with van der Waals surface area (Å²) in [5.41, 5.74) is 0. The van der Waals surface area contributed by atoms with Crippen molar-refractivity contribution in [2.75, 3.05) is 0 Å². The number of benzene rings is 3. The summed E-state index contributed by atoms with van der Waals surface area (Å²) in [4.78, 5) is 11.2. The van der Waals surface area contributed by atoms with Gasteiger partial charge in [-0.05, 0) is 18.4 Å². The largest absolute Gasteiger partial charge is 0.513 e. The highest BCUT2D eigenvalue weighted by molar-refractivity contribution is 7.52. The zero-order valence-corrected chi connectivity index (χ0v) is 16.4. The predicted molar refractivity (Wildman–Crippen MR) is 99.3 cm³/mol. The molecule has 3 rings (SSSR count). The van der Waals surface area contributed by atoms with Crippen LogP contribution >= 0.6 is 7.75 Å². The number of hydrogen-bond donors (Lipinski definition) is 2. The van der Waals surface area contributed by atoms with E-state index in [1.54, 1.807) is 24.3 Å². The molecule has 2 unspecified atom stereocenters. The van der Waals surface area contributed by atoms with Gasteiger partial charge in [-0.2, -0.15) is 13.9 Å². The number of nitrogens with one attached hydrogen (secondary N) is 1. The Morgan fingerprint density at radius 2 is 1.45 bits per heavy atom. The van der Waals surface area contributed by atoms with Crippen molar-refractivity contribution in [1.82, 2.24) is 5.09 Å². The van der Waals surface area contributed by atoms with Gasteiger partial charge in [-0.1, -0.05) is 36.4 Å². The molecular formula is C19H13F5NO5P. The van der Waals surface area contributed by atoms with Crippen molar-refractivity contribution >= 4 is 24.5 Å². The second kappa shape index (κ2) is 8.52. The molecule has 0 aromatic heterocycles. The van der Waals surface area contributed by atoms with Crippen molar-refractivity contribution in [3.05, 3.63) is 71.6 Å². The number of carbonyl (C=O) groups is 1. The summed E-state index contributed by atoms with van der Waals surface area (Å²) in [6, 6.07) is 9.25. The zero-order chi connectivity index (χ0) is 22.9. The van der Waals surface area contributed by atoms with E-state index in [2.05, 4.69) is 4.52 Å². The Hall–Kier alpha value is -3.17. The van der Waals surface area contributed by atoms with Crippen molar-refractivity contribution in [3.8, 4) is 11.5 Å². The van der Waals surface area contributed by atoms with Crippen molar-refractivity contribution in [1.29, 1.82) is 0 Å². The van der Waals surface area contributed by atoms with E-state index in [4.69, 9.17) is 9.63 Å². The number of aliphatic carboxylic acids is 1. The molecule has 164 valence electrons. The maximum absolute atomic E-state index is 14.1. The SMILES string of the molecule is CC(NP(=O)(Oc1c(F)c(F)c(F)c(F)c1F)Oc1cccc2ccccc12)C(=O)O. The Kier molecular flexibility index (Phi) is 6.19. The molecule has 0 spiro atoms. The van der Waals surface area contributed by atoms with Gasteiger partial charge in [0.1, 0.15) is 11.8 Å². The van der Waals surface area contributed by atoms with Crippen LogP contribution in [-0.4, -0.2) is 17.1 Å². The molecule has 3 aromatic rings. The Bertz CT molecular complexity index is 1190. The number of halogens is 5. The summed E-state index contributed by atoms with van der Waals surface area (Å²) in [6.45, 7) is 1.00. The quantitative estimate of drug-likeness (QED) is 0.219. The highest BCUT2D eigenvalue weighted by atomic mass is 31.2. The van der Waals surface area contributed by atoms with E-state index in [-0.39, 0.29) is 5.75 Å². The molecule has 2 atom stereocenters. The number of fused-ring (bicyclic) bond motifs is 1. The minimum atomic E-state index is -5.05. The van der Waals surface area contributed by atoms with Gasteiger partial charge in [-0.25, -0.2) is 17.7 Å². The lowest BCUT2D eigenvalue weighted by molar-refractivity contribution is -0.138. The van der Waals surface area contributed by atoms with Crippen LogP contribution in [0.15, 0.2) is 42.5 Å². The van der Waals surface area contributed by atoms with Crippen LogP contribution in [-0.2, 0) is 9.36 Å². The van der Waals surface area contributed by atoms with Crippen molar-refractivity contribution in [2.24, 2.45) is 0 Å². The maximum atomic E-state index is 14.1. The smallest absolute Gasteiger partial charge is 0.480 e. The van der Waals surface area contributed by atoms with Crippen molar-refractivity contribution in [2.45, 2.75) is 13.0 Å². The predicted octanol–water partition coefficient (Wildman–Crippen LogP) is 5.16. The zero-order valence-electron chi connectivity index (χ0n) is 15.5. The van der Waals surface area contributed by atoms with Gasteiger partial charge in [0.25, 0.3) is 0 Å². The molecule has 0 bridgehead atoms. The summed E-state index contributed by atoms with van der Waals surface area (Å²) < 4.78 is 91.5. The molecule has 0 saturated carbocycles. The van der Waals surface area contributed by atoms with Crippen LogP contribution in [0.1, 0.15) is 6.92 Å². The summed E-state index contributed by atoms with van der Waals surface area (Å²) >= 11 is 0. The third kappa shape index (κ3) is 4.47. The highest BCUT2D eigenvalue weighted by Crippen LogP contribution is 2.48. The Morgan fingerprint density at radius 3 is 2.06 bits per heavy atom. The van der Waals surface area contributed by atoms with E-state index in [9.17, 15) is 31.3 Å². The number of carboxylic acids is 1. The second-order valence-corrected chi connectivity index (χ2v) is 7.86. The maximum Gasteiger partial charge on any atom is 0.513 e. The van der Waals surface area contributed by atoms with Gasteiger partial charge >= 0.3 is 13.7 Å². The van der Waals surface area contributed by atoms with E-state index in [0.717, 1.165) is 6.92 Å². The summed E-state index contributed by atoms with van der Waals surface area (Å²) in [6.07, 6.45) is 0. The standard InChI is InChI=1S/C19H13F5NO5P/c1-9(19(26)27)25-31(28,29-12-8-4-6-10-5-2-3-7-11(10)12)30-18-16(23)14(21)13(20)15(22)17(18)24/h2-9H,1H3,(H,25,28)(H,26,27). The molecule has 0 saturated heterocycles. The molecule has 3 aromatic carbocycles. The van der Waals surface area contributed by atoms with Gasteiger partial charge in [-0.3, -0.25) is 4.79 Å². The first-order valence-corrected chi connectivity index (χ1v) is 10.1. The van der Waals surface area contributed by atoms with Gasteiger partial charge in [0.2, 0.25) is 34.8 Å². The molecule has 0 heterocycles. The molecule has 6 nitrogen and oxygen atoms in total. The average molecular weight is 461 g/mol. The van der Waals surface area contributed by atoms with Crippen LogP contribution in [0.25, 0.3) is 10.8 Å². The van der Waals surface area contributed by atoms with E-state index >= 15 is 0 Å². The first kappa shape index (κ1) is 22.5. The molecule has 0 aliphatic carbocycles. The number of carboxylic acid groups (broad SMARTS) is 1. The van der Waals surface area contributed by atoms with Gasteiger partial charge in [0, 0.05) is 5.39 Å². The van der Waals surface area contributed by atoms with Gasteiger partial charge in [-0.15, -0.1) is 0 Å². The summed E-state index contributed by atoms with van der Waals surface area (Å²) in [5.74, 6) is -15.5. The minimum absolute atomic E-state index is 0.157. The lowest BCUT2D eigenvalue weighted by atomic mass is 10.1. The third-order valence-corrected chi connectivity index (χ3v) is 5.63. The van der Waals surface area contributed by atoms with Gasteiger partial charge in [0.15, 0.2) is 0 Å². The monoisotopic (exact) mass is 461 g/mol. The number of rotatable bonds is 7. The topological polar surface area (TPSA) is 84.9 Å². The summed E-state index contributed by atoms with van der Waals surface area (Å²) in [5, 5.41) is 11.9. The average Bonchev–Trinajstić information content (AvgIpc) is 2.74. The Labute approximate surface area is 171 Å². The van der Waals surface area contributed by atoms with E-state index in [1.807, 2.05) is 5.09 Å². The molecule has 0 aliphatic heterocycles. The molecule has 0 radical (unpaired) electrons. The van der Waals surface area contributed by atoms with Crippen LogP contribution in [0, 0.1) is 29.1 Å².